The van der Waals surface area contributed by atoms with Crippen LogP contribution in [0.4, 0.5) is 0 Å². The van der Waals surface area contributed by atoms with Gasteiger partial charge in [-0.2, -0.15) is 0 Å². The molecule has 0 aliphatic carbocycles. The van der Waals surface area contributed by atoms with Crippen LogP contribution in [-0.4, -0.2) is 18.3 Å². The van der Waals surface area contributed by atoms with E-state index >= 15 is 0 Å². The van der Waals surface area contributed by atoms with Gasteiger partial charge < -0.3 is 5.32 Å². The first-order chi connectivity index (χ1) is 6.65. The lowest BCUT2D eigenvalue weighted by molar-refractivity contribution is 0.0956. The van der Waals surface area contributed by atoms with Crippen LogP contribution in [-0.2, 0) is 0 Å². The number of carbonyl (C=O) groups excluding carboxylic acids is 1. The Kier molecular flexibility index (Phi) is 4.52. The van der Waals surface area contributed by atoms with Crippen LogP contribution in [0.5, 0.6) is 0 Å². The van der Waals surface area contributed by atoms with Crippen LogP contribution >= 0.6 is 34.8 Å². The van der Waals surface area contributed by atoms with Gasteiger partial charge >= 0.3 is 0 Å². The quantitative estimate of drug-likeness (QED) is 0.824. The first kappa shape index (κ1) is 11.6. The minimum Gasteiger partial charge on any atom is -0.351 e. The number of halogens is 3. The topological polar surface area (TPSA) is 29.1 Å². The maximum Gasteiger partial charge on any atom is 0.251 e. The van der Waals surface area contributed by atoms with Crippen molar-refractivity contribution in [3.63, 3.8) is 0 Å². The summed E-state index contributed by atoms with van der Waals surface area (Å²) in [6.07, 6.45) is 0. The molecule has 0 saturated carbocycles. The average molecular weight is 253 g/mol. The molecule has 1 amide bonds. The van der Waals surface area contributed by atoms with E-state index < -0.39 is 0 Å². The number of hydrogen-bond acceptors (Lipinski definition) is 1. The second kappa shape index (κ2) is 5.44. The Morgan fingerprint density at radius 1 is 1.29 bits per heavy atom. The zero-order valence-electron chi connectivity index (χ0n) is 7.19. The van der Waals surface area contributed by atoms with Crippen LogP contribution in [0.1, 0.15) is 10.4 Å². The highest BCUT2D eigenvalue weighted by atomic mass is 35.5. The van der Waals surface area contributed by atoms with Gasteiger partial charge in [-0.1, -0.05) is 23.2 Å². The summed E-state index contributed by atoms with van der Waals surface area (Å²) in [4.78, 5) is 11.4. The molecule has 1 rings (SSSR count). The number of benzene rings is 1. The summed E-state index contributed by atoms with van der Waals surface area (Å²) in [5.74, 6) is 0.178. The van der Waals surface area contributed by atoms with Crippen molar-refractivity contribution in [2.24, 2.45) is 0 Å². The molecule has 1 aromatic rings. The van der Waals surface area contributed by atoms with Crippen molar-refractivity contribution in [1.82, 2.24) is 5.32 Å². The summed E-state index contributed by atoms with van der Waals surface area (Å²) >= 11 is 16.9. The minimum atomic E-state index is -0.204. The molecular formula is C9H8Cl3NO. The largest absolute Gasteiger partial charge is 0.351 e. The third-order valence-corrected chi connectivity index (χ3v) is 2.49. The number of nitrogens with one attached hydrogen (secondary N) is 1. The van der Waals surface area contributed by atoms with Crippen molar-refractivity contribution in [3.05, 3.63) is 33.8 Å². The van der Waals surface area contributed by atoms with E-state index in [4.69, 9.17) is 34.8 Å². The molecule has 0 saturated heterocycles. The van der Waals surface area contributed by atoms with E-state index in [1.165, 1.54) is 6.07 Å². The fourth-order valence-electron chi connectivity index (χ4n) is 0.900. The first-order valence-corrected chi connectivity index (χ1v) is 5.23. The third kappa shape index (κ3) is 3.05. The third-order valence-electron chi connectivity index (χ3n) is 1.56. The van der Waals surface area contributed by atoms with E-state index in [9.17, 15) is 4.79 Å². The number of hydrogen-bond donors (Lipinski definition) is 1. The lowest BCUT2D eigenvalue weighted by atomic mass is 10.2. The molecule has 0 atom stereocenters. The Morgan fingerprint density at radius 2 is 2.00 bits per heavy atom. The molecule has 0 spiro atoms. The van der Waals surface area contributed by atoms with Gasteiger partial charge in [0.15, 0.2) is 0 Å². The number of alkyl halides is 1. The molecule has 0 aromatic heterocycles. The average Bonchev–Trinajstić information content (AvgIpc) is 2.18. The Balaban J connectivity index is 2.76. The van der Waals surface area contributed by atoms with Gasteiger partial charge in [-0.05, 0) is 18.2 Å². The molecular weight excluding hydrogens is 244 g/mol. The molecule has 1 N–H and O–H groups in total. The van der Waals surface area contributed by atoms with E-state index in [2.05, 4.69) is 5.32 Å². The number of amides is 1. The molecule has 0 aliphatic heterocycles. The molecule has 0 aliphatic rings. The Hall–Kier alpha value is -0.440. The van der Waals surface area contributed by atoms with Gasteiger partial charge in [0.25, 0.3) is 5.91 Å². The SMILES string of the molecule is O=C(NCCCl)c1ccc(Cl)c(Cl)c1. The van der Waals surface area contributed by atoms with Gasteiger partial charge in [-0.25, -0.2) is 0 Å². The highest BCUT2D eigenvalue weighted by molar-refractivity contribution is 6.42. The Morgan fingerprint density at radius 3 is 2.57 bits per heavy atom. The van der Waals surface area contributed by atoms with Gasteiger partial charge in [0.1, 0.15) is 0 Å². The highest BCUT2D eigenvalue weighted by Crippen LogP contribution is 2.22. The molecule has 5 heteroatoms. The molecule has 76 valence electrons. The van der Waals surface area contributed by atoms with Crippen LogP contribution < -0.4 is 5.32 Å². The lowest BCUT2D eigenvalue weighted by Crippen LogP contribution is -2.25. The highest BCUT2D eigenvalue weighted by Gasteiger charge is 2.06. The molecule has 1 aromatic carbocycles. The monoisotopic (exact) mass is 251 g/mol. The van der Waals surface area contributed by atoms with Gasteiger partial charge in [-0.15, -0.1) is 11.6 Å². The Bertz CT molecular complexity index is 341. The van der Waals surface area contributed by atoms with Crippen LogP contribution in [0.2, 0.25) is 10.0 Å². The summed E-state index contributed by atoms with van der Waals surface area (Å²) in [6, 6.07) is 4.71. The van der Waals surface area contributed by atoms with Crippen molar-refractivity contribution in [2.75, 3.05) is 12.4 Å². The van der Waals surface area contributed by atoms with E-state index in [-0.39, 0.29) is 5.91 Å². The van der Waals surface area contributed by atoms with Crippen LogP contribution in [0, 0.1) is 0 Å². The second-order valence-corrected chi connectivity index (χ2v) is 3.77. The fourth-order valence-corrected chi connectivity index (χ4v) is 1.29. The smallest absolute Gasteiger partial charge is 0.251 e. The molecule has 0 bridgehead atoms. The molecule has 0 heterocycles. The zero-order chi connectivity index (χ0) is 10.6. The number of rotatable bonds is 3. The fraction of sp³-hybridized carbons (Fsp3) is 0.222. The van der Waals surface area contributed by atoms with Crippen molar-refractivity contribution < 1.29 is 4.79 Å². The minimum absolute atomic E-state index is 0.204. The van der Waals surface area contributed by atoms with E-state index in [0.717, 1.165) is 0 Å². The summed E-state index contributed by atoms with van der Waals surface area (Å²) in [5, 5.41) is 3.42. The van der Waals surface area contributed by atoms with Crippen LogP contribution in [0.3, 0.4) is 0 Å². The second-order valence-electron chi connectivity index (χ2n) is 2.57. The van der Waals surface area contributed by atoms with Gasteiger partial charge in [0.2, 0.25) is 0 Å². The van der Waals surface area contributed by atoms with Crippen molar-refractivity contribution >= 4 is 40.7 Å². The summed E-state index contributed by atoms with van der Waals surface area (Å²) in [5.41, 5.74) is 0.476. The summed E-state index contributed by atoms with van der Waals surface area (Å²) in [6.45, 7) is 0.431. The molecule has 0 radical (unpaired) electrons. The Labute approximate surface area is 97.1 Å². The standard InChI is InChI=1S/C9H8Cl3NO/c10-3-4-13-9(14)6-1-2-7(11)8(12)5-6/h1-2,5H,3-4H2,(H,13,14). The van der Waals surface area contributed by atoms with Gasteiger partial charge in [0, 0.05) is 18.0 Å². The predicted octanol–water partition coefficient (Wildman–Crippen LogP) is 2.96. The van der Waals surface area contributed by atoms with Crippen molar-refractivity contribution in [2.45, 2.75) is 0 Å². The maximum atomic E-state index is 11.4. The first-order valence-electron chi connectivity index (χ1n) is 3.94. The van der Waals surface area contributed by atoms with E-state index in [1.54, 1.807) is 12.1 Å². The molecule has 14 heavy (non-hydrogen) atoms. The summed E-state index contributed by atoms with van der Waals surface area (Å²) < 4.78 is 0. The van der Waals surface area contributed by atoms with Gasteiger partial charge in [0.05, 0.1) is 10.0 Å². The van der Waals surface area contributed by atoms with E-state index in [0.29, 0.717) is 28.0 Å². The van der Waals surface area contributed by atoms with Crippen molar-refractivity contribution in [1.29, 1.82) is 0 Å². The molecule has 0 fully saturated rings. The normalized spacial score (nSPS) is 9.93. The van der Waals surface area contributed by atoms with Gasteiger partial charge in [-0.3, -0.25) is 4.79 Å². The van der Waals surface area contributed by atoms with Crippen LogP contribution in [0.25, 0.3) is 0 Å². The molecule has 2 nitrogen and oxygen atoms in total. The number of carbonyl (C=O) groups is 1. The maximum absolute atomic E-state index is 11.4. The summed E-state index contributed by atoms with van der Waals surface area (Å²) in [7, 11) is 0. The molecule has 0 unspecified atom stereocenters. The lowest BCUT2D eigenvalue weighted by Gasteiger charge is -2.03. The zero-order valence-corrected chi connectivity index (χ0v) is 9.46. The predicted molar refractivity (Wildman–Crippen MR) is 59.5 cm³/mol. The van der Waals surface area contributed by atoms with E-state index in [1.807, 2.05) is 0 Å². The van der Waals surface area contributed by atoms with Crippen molar-refractivity contribution in [3.8, 4) is 0 Å². The van der Waals surface area contributed by atoms with Crippen LogP contribution in [0.15, 0.2) is 18.2 Å².